The molecule has 1 atom stereocenters. The molecular formula is C17H27ClN2OSi. The van der Waals surface area contributed by atoms with Crippen molar-refractivity contribution in [3.05, 3.63) is 28.8 Å². The highest BCUT2D eigenvalue weighted by Crippen LogP contribution is 2.43. The van der Waals surface area contributed by atoms with E-state index < -0.39 is 8.32 Å². The van der Waals surface area contributed by atoms with Crippen LogP contribution in [-0.2, 0) is 4.53 Å². The van der Waals surface area contributed by atoms with Crippen LogP contribution in [-0.4, -0.2) is 14.2 Å². The number of hydroxylamine groups is 1. The van der Waals surface area contributed by atoms with Gasteiger partial charge in [-0.25, -0.2) is 4.99 Å². The first kappa shape index (κ1) is 17.5. The molecule has 1 aromatic rings. The minimum absolute atomic E-state index is 0.150. The van der Waals surface area contributed by atoms with Crippen molar-refractivity contribution in [1.29, 1.82) is 0 Å². The van der Waals surface area contributed by atoms with E-state index in [9.17, 15) is 0 Å². The van der Waals surface area contributed by atoms with E-state index in [1.165, 1.54) is 0 Å². The molecule has 1 N–H and O–H groups in total. The van der Waals surface area contributed by atoms with Gasteiger partial charge in [0.15, 0.2) is 0 Å². The van der Waals surface area contributed by atoms with Crippen molar-refractivity contribution in [2.24, 2.45) is 10.9 Å². The number of rotatable bonds is 3. The summed E-state index contributed by atoms with van der Waals surface area (Å²) in [6, 6.07) is 5.89. The van der Waals surface area contributed by atoms with Crippen LogP contribution in [0, 0.1) is 5.92 Å². The summed E-state index contributed by atoms with van der Waals surface area (Å²) in [5.74, 6) is 1.44. The van der Waals surface area contributed by atoms with Crippen LogP contribution in [0.3, 0.4) is 0 Å². The Bertz CT molecular complexity index is 591. The quantitative estimate of drug-likeness (QED) is 0.570. The lowest BCUT2D eigenvalue weighted by Gasteiger charge is -2.36. The molecule has 5 heteroatoms. The van der Waals surface area contributed by atoms with Gasteiger partial charge < -0.3 is 4.53 Å². The highest BCUT2D eigenvalue weighted by molar-refractivity contribution is 6.74. The maximum Gasteiger partial charge on any atom is 0.228 e. The second kappa shape index (κ2) is 5.98. The lowest BCUT2D eigenvalue weighted by Crippen LogP contribution is -2.47. The molecule has 1 heterocycles. The van der Waals surface area contributed by atoms with E-state index in [-0.39, 0.29) is 11.0 Å². The van der Waals surface area contributed by atoms with Crippen molar-refractivity contribution in [3.63, 3.8) is 0 Å². The largest absolute Gasteiger partial charge is 0.321 e. The van der Waals surface area contributed by atoms with Crippen LogP contribution < -0.4 is 5.48 Å². The van der Waals surface area contributed by atoms with Crippen LogP contribution in [0.4, 0.5) is 5.69 Å². The van der Waals surface area contributed by atoms with E-state index in [4.69, 9.17) is 21.1 Å². The molecule has 22 heavy (non-hydrogen) atoms. The van der Waals surface area contributed by atoms with E-state index in [0.717, 1.165) is 22.1 Å². The van der Waals surface area contributed by atoms with Gasteiger partial charge in [-0.3, -0.25) is 5.48 Å². The van der Waals surface area contributed by atoms with E-state index >= 15 is 0 Å². The number of hydrogen-bond acceptors (Lipinski definition) is 3. The molecule has 0 aromatic heterocycles. The van der Waals surface area contributed by atoms with Gasteiger partial charge in [0, 0.05) is 16.5 Å². The first-order valence-corrected chi connectivity index (χ1v) is 11.1. The monoisotopic (exact) mass is 338 g/mol. The number of fused-ring (bicyclic) bond motifs is 1. The minimum Gasteiger partial charge on any atom is -0.321 e. The predicted octanol–water partition coefficient (Wildman–Crippen LogP) is 5.65. The zero-order valence-corrected chi connectivity index (χ0v) is 16.4. The molecule has 0 saturated carbocycles. The highest BCUT2D eigenvalue weighted by Gasteiger charge is 2.40. The second-order valence-corrected chi connectivity index (χ2v) is 13.0. The van der Waals surface area contributed by atoms with Gasteiger partial charge in [0.05, 0.1) is 5.69 Å². The minimum atomic E-state index is -1.88. The summed E-state index contributed by atoms with van der Waals surface area (Å²) in [6.45, 7) is 15.5. The molecule has 1 unspecified atom stereocenters. The summed E-state index contributed by atoms with van der Waals surface area (Å²) >= 11 is 6.40. The number of benzene rings is 1. The fourth-order valence-electron chi connectivity index (χ4n) is 2.34. The maximum atomic E-state index is 6.40. The molecule has 1 aliphatic rings. The van der Waals surface area contributed by atoms with Crippen LogP contribution in [0.25, 0.3) is 0 Å². The molecule has 3 nitrogen and oxygen atoms in total. The molecule has 2 rings (SSSR count). The Hall–Kier alpha value is -0.843. The summed E-state index contributed by atoms with van der Waals surface area (Å²) in [5.41, 5.74) is 5.25. The Balaban J connectivity index is 2.24. The van der Waals surface area contributed by atoms with Gasteiger partial charge in [0.25, 0.3) is 0 Å². The molecule has 0 fully saturated rings. The van der Waals surface area contributed by atoms with Gasteiger partial charge in [-0.1, -0.05) is 52.3 Å². The number of amidine groups is 1. The van der Waals surface area contributed by atoms with Crippen LogP contribution in [0.2, 0.25) is 23.2 Å². The molecule has 0 amide bonds. The van der Waals surface area contributed by atoms with Gasteiger partial charge >= 0.3 is 0 Å². The zero-order valence-electron chi connectivity index (χ0n) is 14.6. The van der Waals surface area contributed by atoms with Crippen LogP contribution in [0.5, 0.6) is 0 Å². The first-order valence-electron chi connectivity index (χ1n) is 7.85. The Morgan fingerprint density at radius 1 is 1.27 bits per heavy atom. The average Bonchev–Trinajstić information content (AvgIpc) is 2.75. The van der Waals surface area contributed by atoms with Crippen molar-refractivity contribution in [2.75, 3.05) is 0 Å². The first-order chi connectivity index (χ1) is 10.0. The van der Waals surface area contributed by atoms with Gasteiger partial charge in [-0.2, -0.15) is 0 Å². The standard InChI is InChI=1S/C17H27ClN2OSi/c1-11(2)14-15-12(18)9-8-10-13(15)19-16(14)20-21-22(6,7)17(3,4)5/h8-11,14H,1-7H3,(H,19,20). The van der Waals surface area contributed by atoms with Crippen molar-refractivity contribution in [1.82, 2.24) is 5.48 Å². The van der Waals surface area contributed by atoms with E-state index in [1.54, 1.807) is 0 Å². The average molecular weight is 339 g/mol. The van der Waals surface area contributed by atoms with Gasteiger partial charge in [-0.05, 0) is 36.2 Å². The Kier molecular flexibility index (Phi) is 4.76. The lowest BCUT2D eigenvalue weighted by atomic mass is 9.88. The van der Waals surface area contributed by atoms with E-state index in [1.807, 2.05) is 18.2 Å². The van der Waals surface area contributed by atoms with E-state index in [0.29, 0.717) is 5.92 Å². The molecule has 1 aliphatic heterocycles. The maximum absolute atomic E-state index is 6.40. The third-order valence-corrected chi connectivity index (χ3v) is 9.31. The fourth-order valence-corrected chi connectivity index (χ4v) is 3.29. The predicted molar refractivity (Wildman–Crippen MR) is 97.5 cm³/mol. The second-order valence-electron chi connectivity index (χ2n) is 7.86. The van der Waals surface area contributed by atoms with Crippen LogP contribution in [0.1, 0.15) is 46.1 Å². The highest BCUT2D eigenvalue weighted by atomic mass is 35.5. The smallest absolute Gasteiger partial charge is 0.228 e. The Labute approximate surface area is 140 Å². The molecule has 0 spiro atoms. The zero-order chi connectivity index (χ0) is 16.7. The SMILES string of the molecule is CC(C)C1C(NO[Si](C)(C)C(C)(C)C)=Nc2cccc(Cl)c21. The lowest BCUT2D eigenvalue weighted by molar-refractivity contribution is 0.229. The van der Waals surface area contributed by atoms with E-state index in [2.05, 4.69) is 53.2 Å². The fraction of sp³-hybridized carbons (Fsp3) is 0.588. The van der Waals surface area contributed by atoms with Crippen molar-refractivity contribution < 1.29 is 4.53 Å². The number of halogens is 1. The van der Waals surface area contributed by atoms with Crippen molar-refractivity contribution in [2.45, 2.75) is 58.7 Å². The summed E-state index contributed by atoms with van der Waals surface area (Å²) in [5, 5.41) is 0.931. The topological polar surface area (TPSA) is 33.6 Å². The normalized spacial score (nSPS) is 18.4. The van der Waals surface area contributed by atoms with Gasteiger partial charge in [0.2, 0.25) is 8.32 Å². The summed E-state index contributed by atoms with van der Waals surface area (Å²) < 4.78 is 6.14. The number of nitrogens with zero attached hydrogens (tertiary/aromatic N) is 1. The molecule has 0 aliphatic carbocycles. The summed E-state index contributed by atoms with van der Waals surface area (Å²) in [4.78, 5) is 4.72. The molecule has 1 aromatic carbocycles. The Morgan fingerprint density at radius 2 is 1.91 bits per heavy atom. The summed E-state index contributed by atoms with van der Waals surface area (Å²) in [7, 11) is -1.88. The number of nitrogens with one attached hydrogen (secondary N) is 1. The molecule has 122 valence electrons. The van der Waals surface area contributed by atoms with Crippen LogP contribution >= 0.6 is 11.6 Å². The molecular weight excluding hydrogens is 312 g/mol. The number of hydrogen-bond donors (Lipinski definition) is 1. The molecule has 0 radical (unpaired) electrons. The number of aliphatic imine (C=N–C) groups is 1. The van der Waals surface area contributed by atoms with Crippen LogP contribution in [0.15, 0.2) is 23.2 Å². The molecule has 0 saturated heterocycles. The van der Waals surface area contributed by atoms with Crippen molar-refractivity contribution >= 4 is 31.4 Å². The Morgan fingerprint density at radius 3 is 2.45 bits per heavy atom. The third kappa shape index (κ3) is 3.24. The van der Waals surface area contributed by atoms with Gasteiger partial charge in [-0.15, -0.1) is 0 Å². The van der Waals surface area contributed by atoms with Gasteiger partial charge in [0.1, 0.15) is 5.84 Å². The summed E-state index contributed by atoms with van der Waals surface area (Å²) in [6.07, 6.45) is 0. The third-order valence-electron chi connectivity index (χ3n) is 4.76. The molecule has 0 bridgehead atoms. The van der Waals surface area contributed by atoms with Crippen molar-refractivity contribution in [3.8, 4) is 0 Å².